The second-order valence-corrected chi connectivity index (χ2v) is 15.8. The number of aliphatic hydroxyl groups is 5. The molecular formula is C46H85NO8. The number of hydrogen-bond donors (Lipinski definition) is 6. The second kappa shape index (κ2) is 36.7. The van der Waals surface area contributed by atoms with Gasteiger partial charge in [0.2, 0.25) is 5.91 Å². The van der Waals surface area contributed by atoms with Crippen molar-refractivity contribution in [2.75, 3.05) is 13.2 Å². The molecule has 0 aromatic carbocycles. The number of hydrogen-bond acceptors (Lipinski definition) is 8. The fourth-order valence-electron chi connectivity index (χ4n) is 6.98. The van der Waals surface area contributed by atoms with Crippen LogP contribution in [0.1, 0.15) is 194 Å². The van der Waals surface area contributed by atoms with E-state index in [2.05, 4.69) is 43.5 Å². The van der Waals surface area contributed by atoms with Gasteiger partial charge in [-0.15, -0.1) is 0 Å². The standard InChI is InChI=1S/C46H85NO8/c1-3-5-7-9-11-13-15-17-18-19-20-21-22-24-26-28-30-32-34-36-42(50)47-39(38-54-46-45(53)44(52)43(51)41(37-48)55-46)40(49)35-33-31-29-27-25-23-16-14-12-10-8-6-4-2/h8,10,17-18,33,35,39-41,43-46,48-49,51-53H,3-7,9,11-16,19-32,34,36-38H2,1-2H3,(H,47,50)/b10-8+,18-17+,35-33+/t39-,40+,41-,43-,44?,45?,46-/m0/s1. The van der Waals surface area contributed by atoms with Crippen molar-refractivity contribution in [1.82, 2.24) is 5.32 Å². The third-order valence-electron chi connectivity index (χ3n) is 10.7. The van der Waals surface area contributed by atoms with E-state index < -0.39 is 49.5 Å². The normalized spacial score (nSPS) is 21.6. The number of carbonyl (C=O) groups is 1. The SMILES string of the molecule is CCC/C=C/CCCCCCCC/C=C/[C@@H](O)[C@H](CO[C@H]1O[C@@H](CO)[C@H](O)C(O)C1O)NC(=O)CCCCCCCCCCC/C=C/CCCCCCCC. The maximum atomic E-state index is 12.9. The van der Waals surface area contributed by atoms with Gasteiger partial charge in [0.05, 0.1) is 25.4 Å². The van der Waals surface area contributed by atoms with E-state index in [9.17, 15) is 30.3 Å². The van der Waals surface area contributed by atoms with E-state index in [1.807, 2.05) is 6.08 Å². The zero-order chi connectivity index (χ0) is 40.2. The van der Waals surface area contributed by atoms with Gasteiger partial charge in [0.25, 0.3) is 0 Å². The smallest absolute Gasteiger partial charge is 0.220 e. The Morgan fingerprint density at radius 1 is 0.600 bits per heavy atom. The van der Waals surface area contributed by atoms with Gasteiger partial charge in [0.1, 0.15) is 24.4 Å². The van der Waals surface area contributed by atoms with E-state index in [1.165, 1.54) is 128 Å². The molecule has 7 atom stereocenters. The van der Waals surface area contributed by atoms with Crippen LogP contribution in [0.25, 0.3) is 0 Å². The Morgan fingerprint density at radius 2 is 1.05 bits per heavy atom. The zero-order valence-corrected chi connectivity index (χ0v) is 35.2. The van der Waals surface area contributed by atoms with Crippen LogP contribution in [0, 0.1) is 0 Å². The summed E-state index contributed by atoms with van der Waals surface area (Å²) in [6.45, 7) is 3.70. The molecule has 9 nitrogen and oxygen atoms in total. The molecule has 1 fully saturated rings. The average Bonchev–Trinajstić information content (AvgIpc) is 3.18. The molecule has 1 heterocycles. The summed E-state index contributed by atoms with van der Waals surface area (Å²) < 4.78 is 11.2. The molecule has 2 unspecified atom stereocenters. The van der Waals surface area contributed by atoms with Gasteiger partial charge in [0, 0.05) is 6.42 Å². The summed E-state index contributed by atoms with van der Waals surface area (Å²) in [4.78, 5) is 12.9. The minimum atomic E-state index is -1.57. The van der Waals surface area contributed by atoms with E-state index in [0.717, 1.165) is 44.9 Å². The summed E-state index contributed by atoms with van der Waals surface area (Å²) >= 11 is 0. The minimum absolute atomic E-state index is 0.184. The van der Waals surface area contributed by atoms with Crippen molar-refractivity contribution in [1.29, 1.82) is 0 Å². The van der Waals surface area contributed by atoms with Crippen LogP contribution in [0.2, 0.25) is 0 Å². The molecule has 1 rings (SSSR count). The number of allylic oxidation sites excluding steroid dienone is 5. The lowest BCUT2D eigenvalue weighted by Crippen LogP contribution is -2.60. The number of ether oxygens (including phenoxy) is 2. The first-order chi connectivity index (χ1) is 26.8. The van der Waals surface area contributed by atoms with Crippen LogP contribution >= 0.6 is 0 Å². The first-order valence-corrected chi connectivity index (χ1v) is 22.7. The fourth-order valence-corrected chi connectivity index (χ4v) is 6.98. The minimum Gasteiger partial charge on any atom is -0.394 e. The average molecular weight is 780 g/mol. The molecule has 0 saturated carbocycles. The van der Waals surface area contributed by atoms with Gasteiger partial charge in [-0.2, -0.15) is 0 Å². The Hall–Kier alpha value is -1.59. The van der Waals surface area contributed by atoms with Crippen molar-refractivity contribution in [3.63, 3.8) is 0 Å². The second-order valence-electron chi connectivity index (χ2n) is 15.8. The summed E-state index contributed by atoms with van der Waals surface area (Å²) in [7, 11) is 0. The highest BCUT2D eigenvalue weighted by Crippen LogP contribution is 2.22. The number of carbonyl (C=O) groups excluding carboxylic acids is 1. The molecule has 55 heavy (non-hydrogen) atoms. The lowest BCUT2D eigenvalue weighted by Gasteiger charge is -2.40. The van der Waals surface area contributed by atoms with Gasteiger partial charge < -0.3 is 40.3 Å². The molecule has 0 aromatic heterocycles. The van der Waals surface area contributed by atoms with E-state index in [0.29, 0.717) is 6.42 Å². The molecule has 1 aliphatic heterocycles. The van der Waals surface area contributed by atoms with Crippen LogP contribution in [0.4, 0.5) is 0 Å². The van der Waals surface area contributed by atoms with E-state index in [4.69, 9.17) is 9.47 Å². The summed E-state index contributed by atoms with van der Waals surface area (Å²) in [6, 6.07) is -0.807. The molecule has 1 saturated heterocycles. The first kappa shape index (κ1) is 51.4. The van der Waals surface area contributed by atoms with Gasteiger partial charge in [-0.3, -0.25) is 4.79 Å². The van der Waals surface area contributed by atoms with Crippen LogP contribution in [-0.4, -0.2) is 87.5 Å². The summed E-state index contributed by atoms with van der Waals surface area (Å²) in [5.74, 6) is -0.184. The van der Waals surface area contributed by atoms with E-state index >= 15 is 0 Å². The lowest BCUT2D eigenvalue weighted by atomic mass is 9.99. The number of nitrogens with one attached hydrogen (secondary N) is 1. The van der Waals surface area contributed by atoms with Crippen molar-refractivity contribution >= 4 is 5.91 Å². The highest BCUT2D eigenvalue weighted by molar-refractivity contribution is 5.76. The highest BCUT2D eigenvalue weighted by Gasteiger charge is 2.44. The van der Waals surface area contributed by atoms with Crippen molar-refractivity contribution in [2.24, 2.45) is 0 Å². The Bertz CT molecular complexity index is 956. The Morgan fingerprint density at radius 3 is 1.55 bits per heavy atom. The maximum absolute atomic E-state index is 12.9. The third kappa shape index (κ3) is 27.6. The van der Waals surface area contributed by atoms with Crippen molar-refractivity contribution in [3.05, 3.63) is 36.5 Å². The van der Waals surface area contributed by atoms with Crippen LogP contribution in [-0.2, 0) is 14.3 Å². The van der Waals surface area contributed by atoms with Crippen LogP contribution in [0.3, 0.4) is 0 Å². The Labute approximate surface area is 336 Å². The number of unbranched alkanes of at least 4 members (excludes halogenated alkanes) is 23. The largest absolute Gasteiger partial charge is 0.394 e. The molecule has 0 aliphatic carbocycles. The first-order valence-electron chi connectivity index (χ1n) is 22.7. The molecule has 1 aliphatic rings. The topological polar surface area (TPSA) is 149 Å². The molecule has 9 heteroatoms. The summed E-state index contributed by atoms with van der Waals surface area (Å²) in [5, 5.41) is 54.1. The van der Waals surface area contributed by atoms with Gasteiger partial charge in [-0.25, -0.2) is 0 Å². The van der Waals surface area contributed by atoms with Gasteiger partial charge in [0.15, 0.2) is 6.29 Å². The molecule has 0 bridgehead atoms. The number of amides is 1. The molecule has 0 spiro atoms. The van der Waals surface area contributed by atoms with Crippen molar-refractivity contribution in [2.45, 2.75) is 236 Å². The van der Waals surface area contributed by atoms with E-state index in [1.54, 1.807) is 6.08 Å². The molecule has 322 valence electrons. The van der Waals surface area contributed by atoms with Gasteiger partial charge in [-0.1, -0.05) is 159 Å². The fraction of sp³-hybridized carbons (Fsp3) is 0.848. The number of aliphatic hydroxyl groups excluding tert-OH is 5. The highest BCUT2D eigenvalue weighted by atomic mass is 16.7. The quantitative estimate of drug-likeness (QED) is 0.0270. The van der Waals surface area contributed by atoms with Crippen molar-refractivity contribution in [3.8, 4) is 0 Å². The Kier molecular flexibility index (Phi) is 34.3. The predicted octanol–water partition coefficient (Wildman–Crippen LogP) is 9.28. The predicted molar refractivity (Wildman–Crippen MR) is 226 cm³/mol. The van der Waals surface area contributed by atoms with Crippen LogP contribution in [0.5, 0.6) is 0 Å². The monoisotopic (exact) mass is 780 g/mol. The van der Waals surface area contributed by atoms with Crippen molar-refractivity contribution < 1.29 is 39.8 Å². The van der Waals surface area contributed by atoms with E-state index in [-0.39, 0.29) is 12.5 Å². The zero-order valence-electron chi connectivity index (χ0n) is 35.2. The molecular weight excluding hydrogens is 695 g/mol. The lowest BCUT2D eigenvalue weighted by molar-refractivity contribution is -0.302. The summed E-state index contributed by atoms with van der Waals surface area (Å²) in [6.07, 6.45) is 37.5. The van der Waals surface area contributed by atoms with Gasteiger partial charge >= 0.3 is 0 Å². The summed E-state index contributed by atoms with van der Waals surface area (Å²) in [5.41, 5.74) is 0. The molecule has 1 amide bonds. The van der Waals surface area contributed by atoms with Crippen LogP contribution < -0.4 is 5.32 Å². The molecule has 0 radical (unpaired) electrons. The Balaban J connectivity index is 2.35. The number of rotatable bonds is 37. The maximum Gasteiger partial charge on any atom is 0.220 e. The molecule has 6 N–H and O–H groups in total. The van der Waals surface area contributed by atoms with Crippen LogP contribution in [0.15, 0.2) is 36.5 Å². The van der Waals surface area contributed by atoms with Gasteiger partial charge in [-0.05, 0) is 64.2 Å². The molecule has 0 aromatic rings. The third-order valence-corrected chi connectivity index (χ3v) is 10.7.